The largest absolute Gasteiger partial charge is 0.303 e. The van der Waals surface area contributed by atoms with Crippen LogP contribution >= 0.6 is 0 Å². The summed E-state index contributed by atoms with van der Waals surface area (Å²) in [5.74, 6) is 0.879. The van der Waals surface area contributed by atoms with Crippen LogP contribution in [0.1, 0.15) is 59.3 Å². The van der Waals surface area contributed by atoms with E-state index in [0.717, 1.165) is 25.3 Å². The fraction of sp³-hybridized carbons (Fsp3) is 0.938. The highest BCUT2D eigenvalue weighted by Gasteiger charge is 2.28. The van der Waals surface area contributed by atoms with Gasteiger partial charge < -0.3 is 4.90 Å². The maximum absolute atomic E-state index is 9.40. The first-order valence-corrected chi connectivity index (χ1v) is 7.87. The van der Waals surface area contributed by atoms with E-state index in [4.69, 9.17) is 0 Å². The molecule has 3 heteroatoms. The Labute approximate surface area is 119 Å². The van der Waals surface area contributed by atoms with E-state index in [1.54, 1.807) is 0 Å². The molecular formula is C16H31N3. The molecule has 0 amide bonds. The van der Waals surface area contributed by atoms with Crippen LogP contribution < -0.4 is 5.32 Å². The van der Waals surface area contributed by atoms with Gasteiger partial charge in [0.2, 0.25) is 0 Å². The summed E-state index contributed by atoms with van der Waals surface area (Å²) in [7, 11) is 2.21. The van der Waals surface area contributed by atoms with Crippen LogP contribution in [-0.2, 0) is 0 Å². The standard InChI is InChI=1S/C16H31N3/c1-5-10-18-16(3,13-17)11-14(2)19(4)12-15-8-6-7-9-15/h14-15,18H,5-12H2,1-4H3. The summed E-state index contributed by atoms with van der Waals surface area (Å²) in [6.07, 6.45) is 7.55. The summed E-state index contributed by atoms with van der Waals surface area (Å²) in [5, 5.41) is 12.8. The van der Waals surface area contributed by atoms with Gasteiger partial charge in [0.25, 0.3) is 0 Å². The van der Waals surface area contributed by atoms with Gasteiger partial charge in [0.1, 0.15) is 5.54 Å². The van der Waals surface area contributed by atoms with Gasteiger partial charge in [0.15, 0.2) is 0 Å². The number of hydrogen-bond donors (Lipinski definition) is 1. The fourth-order valence-corrected chi connectivity index (χ4v) is 3.09. The summed E-state index contributed by atoms with van der Waals surface area (Å²) in [6, 6.07) is 2.91. The first-order valence-electron chi connectivity index (χ1n) is 7.87. The minimum Gasteiger partial charge on any atom is -0.303 e. The third kappa shape index (κ3) is 5.50. The van der Waals surface area contributed by atoms with E-state index < -0.39 is 0 Å². The summed E-state index contributed by atoms with van der Waals surface area (Å²) in [6.45, 7) is 8.53. The molecular weight excluding hydrogens is 234 g/mol. The van der Waals surface area contributed by atoms with Crippen molar-refractivity contribution < 1.29 is 0 Å². The Balaban J connectivity index is 2.42. The van der Waals surface area contributed by atoms with E-state index in [1.165, 1.54) is 32.2 Å². The molecule has 0 aromatic heterocycles. The van der Waals surface area contributed by atoms with Crippen LogP contribution in [0.2, 0.25) is 0 Å². The smallest absolute Gasteiger partial charge is 0.105 e. The van der Waals surface area contributed by atoms with Gasteiger partial charge in [-0.15, -0.1) is 0 Å². The number of nitrogens with one attached hydrogen (secondary N) is 1. The normalized spacial score (nSPS) is 21.3. The lowest BCUT2D eigenvalue weighted by molar-refractivity contribution is 0.186. The molecule has 0 saturated heterocycles. The zero-order valence-corrected chi connectivity index (χ0v) is 13.2. The average molecular weight is 265 g/mol. The van der Waals surface area contributed by atoms with Crippen LogP contribution in [0, 0.1) is 17.2 Å². The van der Waals surface area contributed by atoms with E-state index in [-0.39, 0.29) is 5.54 Å². The second-order valence-electron chi connectivity index (χ2n) is 6.51. The molecule has 1 fully saturated rings. The monoisotopic (exact) mass is 265 g/mol. The second kappa shape index (κ2) is 7.87. The Morgan fingerprint density at radius 3 is 2.58 bits per heavy atom. The van der Waals surface area contributed by atoms with Crippen molar-refractivity contribution in [2.75, 3.05) is 20.1 Å². The molecule has 1 aliphatic carbocycles. The van der Waals surface area contributed by atoms with Gasteiger partial charge in [-0.05, 0) is 59.0 Å². The molecule has 0 heterocycles. The van der Waals surface area contributed by atoms with Crippen molar-refractivity contribution in [2.45, 2.75) is 70.9 Å². The quantitative estimate of drug-likeness (QED) is 0.732. The van der Waals surface area contributed by atoms with Crippen molar-refractivity contribution in [1.29, 1.82) is 5.26 Å². The topological polar surface area (TPSA) is 39.1 Å². The Hall–Kier alpha value is -0.590. The van der Waals surface area contributed by atoms with E-state index in [1.807, 2.05) is 6.92 Å². The van der Waals surface area contributed by atoms with E-state index in [9.17, 15) is 5.26 Å². The minimum absolute atomic E-state index is 0.390. The summed E-state index contributed by atoms with van der Waals surface area (Å²) >= 11 is 0. The van der Waals surface area contributed by atoms with Crippen LogP contribution in [-0.4, -0.2) is 36.6 Å². The lowest BCUT2D eigenvalue weighted by Gasteiger charge is -2.33. The summed E-state index contributed by atoms with van der Waals surface area (Å²) < 4.78 is 0. The van der Waals surface area contributed by atoms with E-state index in [0.29, 0.717) is 6.04 Å². The Kier molecular flexibility index (Phi) is 6.82. The minimum atomic E-state index is -0.390. The molecule has 0 spiro atoms. The molecule has 0 aromatic rings. The molecule has 0 radical (unpaired) electrons. The molecule has 19 heavy (non-hydrogen) atoms. The first kappa shape index (κ1) is 16.5. The Morgan fingerprint density at radius 2 is 2.05 bits per heavy atom. The number of rotatable bonds is 8. The Bertz CT molecular complexity index is 291. The van der Waals surface area contributed by atoms with Gasteiger partial charge in [-0.3, -0.25) is 5.32 Å². The van der Waals surface area contributed by atoms with Crippen LogP contribution in [0.4, 0.5) is 0 Å². The maximum atomic E-state index is 9.40. The molecule has 1 aliphatic rings. The predicted molar refractivity (Wildman–Crippen MR) is 81.0 cm³/mol. The number of nitriles is 1. The van der Waals surface area contributed by atoms with Crippen LogP contribution in [0.3, 0.4) is 0 Å². The maximum Gasteiger partial charge on any atom is 0.105 e. The molecule has 0 aliphatic heterocycles. The van der Waals surface area contributed by atoms with Crippen molar-refractivity contribution >= 4 is 0 Å². The zero-order valence-electron chi connectivity index (χ0n) is 13.2. The first-order chi connectivity index (χ1) is 9.00. The van der Waals surface area contributed by atoms with Crippen molar-refractivity contribution in [3.63, 3.8) is 0 Å². The highest BCUT2D eigenvalue weighted by atomic mass is 15.1. The van der Waals surface area contributed by atoms with Gasteiger partial charge in [-0.25, -0.2) is 0 Å². The highest BCUT2D eigenvalue weighted by molar-refractivity contribution is 5.05. The SMILES string of the molecule is CCCNC(C)(C#N)CC(C)N(C)CC1CCCC1. The highest BCUT2D eigenvalue weighted by Crippen LogP contribution is 2.26. The third-order valence-electron chi connectivity index (χ3n) is 4.49. The average Bonchev–Trinajstić information content (AvgIpc) is 2.89. The molecule has 2 atom stereocenters. The third-order valence-corrected chi connectivity index (χ3v) is 4.49. The second-order valence-corrected chi connectivity index (χ2v) is 6.51. The molecule has 1 saturated carbocycles. The van der Waals surface area contributed by atoms with Crippen molar-refractivity contribution in [3.8, 4) is 6.07 Å². The zero-order chi connectivity index (χ0) is 14.3. The van der Waals surface area contributed by atoms with E-state index >= 15 is 0 Å². The lowest BCUT2D eigenvalue weighted by atomic mass is 9.94. The Morgan fingerprint density at radius 1 is 1.42 bits per heavy atom. The fourth-order valence-electron chi connectivity index (χ4n) is 3.09. The van der Waals surface area contributed by atoms with Gasteiger partial charge in [0.05, 0.1) is 6.07 Å². The number of hydrogen-bond acceptors (Lipinski definition) is 3. The van der Waals surface area contributed by atoms with Crippen molar-refractivity contribution in [1.82, 2.24) is 10.2 Å². The molecule has 2 unspecified atom stereocenters. The summed E-state index contributed by atoms with van der Waals surface area (Å²) in [5.41, 5.74) is -0.390. The van der Waals surface area contributed by atoms with Gasteiger partial charge in [-0.2, -0.15) is 5.26 Å². The van der Waals surface area contributed by atoms with Gasteiger partial charge in [-0.1, -0.05) is 19.8 Å². The predicted octanol–water partition coefficient (Wildman–Crippen LogP) is 3.17. The molecule has 110 valence electrons. The summed E-state index contributed by atoms with van der Waals surface area (Å²) in [4.78, 5) is 2.44. The van der Waals surface area contributed by atoms with Gasteiger partial charge >= 0.3 is 0 Å². The molecule has 0 aromatic carbocycles. The molecule has 1 N–H and O–H groups in total. The number of nitrogens with zero attached hydrogens (tertiary/aromatic N) is 2. The van der Waals surface area contributed by atoms with Crippen LogP contribution in [0.25, 0.3) is 0 Å². The van der Waals surface area contributed by atoms with Crippen LogP contribution in [0.5, 0.6) is 0 Å². The van der Waals surface area contributed by atoms with Crippen molar-refractivity contribution in [3.05, 3.63) is 0 Å². The lowest BCUT2D eigenvalue weighted by Crippen LogP contribution is -2.47. The van der Waals surface area contributed by atoms with Crippen molar-refractivity contribution in [2.24, 2.45) is 5.92 Å². The van der Waals surface area contributed by atoms with Gasteiger partial charge in [0, 0.05) is 12.6 Å². The molecule has 1 rings (SSSR count). The van der Waals surface area contributed by atoms with Crippen LogP contribution in [0.15, 0.2) is 0 Å². The molecule has 3 nitrogen and oxygen atoms in total. The molecule has 0 bridgehead atoms. The van der Waals surface area contributed by atoms with E-state index in [2.05, 4.69) is 37.2 Å².